The van der Waals surface area contributed by atoms with Gasteiger partial charge in [-0.25, -0.2) is 4.98 Å². The Morgan fingerprint density at radius 2 is 2.19 bits per heavy atom. The van der Waals surface area contributed by atoms with Crippen molar-refractivity contribution >= 4 is 22.6 Å². The Morgan fingerprint density at radius 1 is 1.43 bits per heavy atom. The van der Waals surface area contributed by atoms with Crippen molar-refractivity contribution in [2.45, 2.75) is 19.4 Å². The van der Waals surface area contributed by atoms with Crippen molar-refractivity contribution in [1.29, 1.82) is 0 Å². The number of carbonyl (C=O) groups is 1. The smallest absolute Gasteiger partial charge is 0.236 e. The molecule has 0 unspecified atom stereocenters. The van der Waals surface area contributed by atoms with E-state index >= 15 is 0 Å². The van der Waals surface area contributed by atoms with Gasteiger partial charge in [0.15, 0.2) is 0 Å². The van der Waals surface area contributed by atoms with E-state index in [1.165, 1.54) is 0 Å². The fraction of sp³-hybridized carbons (Fsp3) is 0.467. The van der Waals surface area contributed by atoms with E-state index in [2.05, 4.69) is 9.97 Å². The number of anilines is 1. The Balaban J connectivity index is 1.62. The first kappa shape index (κ1) is 13.9. The zero-order valence-electron chi connectivity index (χ0n) is 12.3. The molecule has 0 aliphatic carbocycles. The van der Waals surface area contributed by atoms with Gasteiger partial charge in [-0.3, -0.25) is 9.69 Å². The first-order valence-corrected chi connectivity index (χ1v) is 7.32. The van der Waals surface area contributed by atoms with Crippen molar-refractivity contribution in [3.05, 3.63) is 24.0 Å². The minimum atomic E-state index is 0.204. The number of H-pyrrole nitrogens is 1. The summed E-state index contributed by atoms with van der Waals surface area (Å²) in [6.45, 7) is 2.85. The molecule has 2 aromatic rings. The van der Waals surface area contributed by atoms with Crippen molar-refractivity contribution in [2.24, 2.45) is 0 Å². The Kier molecular flexibility index (Phi) is 3.79. The molecule has 21 heavy (non-hydrogen) atoms. The molecule has 6 nitrogen and oxygen atoms in total. The average molecular weight is 287 g/mol. The SMILES string of the molecule is CN(CC(=O)N1CCCC1)Cc1nc2ccc(N)cc2[nH]1. The van der Waals surface area contributed by atoms with Crippen LogP contribution in [0.1, 0.15) is 18.7 Å². The van der Waals surface area contributed by atoms with Crippen molar-refractivity contribution in [3.8, 4) is 0 Å². The van der Waals surface area contributed by atoms with Crippen LogP contribution in [-0.4, -0.2) is 52.4 Å². The first-order chi connectivity index (χ1) is 10.1. The van der Waals surface area contributed by atoms with Gasteiger partial charge in [0, 0.05) is 18.8 Å². The van der Waals surface area contributed by atoms with Crippen LogP contribution in [0.15, 0.2) is 18.2 Å². The van der Waals surface area contributed by atoms with E-state index < -0.39 is 0 Å². The molecule has 0 spiro atoms. The number of nitrogens with zero attached hydrogens (tertiary/aromatic N) is 3. The topological polar surface area (TPSA) is 78.2 Å². The molecule has 0 saturated carbocycles. The van der Waals surface area contributed by atoms with Gasteiger partial charge in [0.25, 0.3) is 0 Å². The number of fused-ring (bicyclic) bond motifs is 1. The second kappa shape index (κ2) is 5.73. The number of nitrogen functional groups attached to an aromatic ring is 1. The number of benzene rings is 1. The number of rotatable bonds is 4. The summed E-state index contributed by atoms with van der Waals surface area (Å²) in [7, 11) is 1.94. The molecule has 1 fully saturated rings. The molecular formula is C15H21N5O. The molecule has 1 aromatic heterocycles. The zero-order chi connectivity index (χ0) is 14.8. The van der Waals surface area contributed by atoms with Gasteiger partial charge in [0.1, 0.15) is 5.82 Å². The number of aromatic nitrogens is 2. The minimum absolute atomic E-state index is 0.204. The van der Waals surface area contributed by atoms with Gasteiger partial charge in [-0.1, -0.05) is 0 Å². The highest BCUT2D eigenvalue weighted by Crippen LogP contribution is 2.15. The van der Waals surface area contributed by atoms with E-state index in [0.717, 1.165) is 48.5 Å². The summed E-state index contributed by atoms with van der Waals surface area (Å²) in [6, 6.07) is 5.62. The second-order valence-corrected chi connectivity index (χ2v) is 5.72. The highest BCUT2D eigenvalue weighted by atomic mass is 16.2. The summed E-state index contributed by atoms with van der Waals surface area (Å²) >= 11 is 0. The molecule has 1 amide bonds. The van der Waals surface area contributed by atoms with Gasteiger partial charge < -0.3 is 15.6 Å². The third kappa shape index (κ3) is 3.16. The van der Waals surface area contributed by atoms with Crippen LogP contribution in [0.2, 0.25) is 0 Å². The summed E-state index contributed by atoms with van der Waals surface area (Å²) in [4.78, 5) is 23.8. The summed E-state index contributed by atoms with van der Waals surface area (Å²) in [6.07, 6.45) is 2.25. The van der Waals surface area contributed by atoms with E-state index in [1.807, 2.05) is 35.0 Å². The van der Waals surface area contributed by atoms with Crippen LogP contribution in [0.4, 0.5) is 5.69 Å². The van der Waals surface area contributed by atoms with Crippen molar-refractivity contribution in [2.75, 3.05) is 32.4 Å². The molecule has 1 aliphatic rings. The highest BCUT2D eigenvalue weighted by Gasteiger charge is 2.19. The largest absolute Gasteiger partial charge is 0.399 e. The maximum Gasteiger partial charge on any atom is 0.236 e. The predicted octanol–water partition coefficient (Wildman–Crippen LogP) is 1.20. The second-order valence-electron chi connectivity index (χ2n) is 5.72. The molecule has 6 heteroatoms. The van der Waals surface area contributed by atoms with Gasteiger partial charge in [-0.2, -0.15) is 0 Å². The molecule has 1 saturated heterocycles. The Hall–Kier alpha value is -2.08. The molecule has 0 radical (unpaired) electrons. The van der Waals surface area contributed by atoms with Crippen molar-refractivity contribution < 1.29 is 4.79 Å². The van der Waals surface area contributed by atoms with E-state index in [4.69, 9.17) is 5.73 Å². The number of likely N-dealkylation sites (tertiary alicyclic amines) is 1. The molecule has 112 valence electrons. The van der Waals surface area contributed by atoms with Gasteiger partial charge >= 0.3 is 0 Å². The summed E-state index contributed by atoms with van der Waals surface area (Å²) < 4.78 is 0. The average Bonchev–Trinajstić information content (AvgIpc) is 3.06. The highest BCUT2D eigenvalue weighted by molar-refractivity contribution is 5.79. The molecule has 3 rings (SSSR count). The lowest BCUT2D eigenvalue weighted by molar-refractivity contribution is -0.131. The van der Waals surface area contributed by atoms with Crippen molar-refractivity contribution in [3.63, 3.8) is 0 Å². The van der Waals surface area contributed by atoms with Gasteiger partial charge in [0.05, 0.1) is 24.1 Å². The van der Waals surface area contributed by atoms with Crippen LogP contribution < -0.4 is 5.73 Å². The molecule has 2 heterocycles. The molecule has 0 bridgehead atoms. The maximum absolute atomic E-state index is 12.1. The third-order valence-corrected chi connectivity index (χ3v) is 3.84. The van der Waals surface area contributed by atoms with Gasteiger partial charge in [-0.05, 0) is 38.1 Å². The number of aromatic amines is 1. The summed E-state index contributed by atoms with van der Waals surface area (Å²) in [5.41, 5.74) is 8.32. The number of carbonyl (C=O) groups excluding carboxylic acids is 1. The van der Waals surface area contributed by atoms with Crippen LogP contribution in [0.5, 0.6) is 0 Å². The lowest BCUT2D eigenvalue weighted by Crippen LogP contribution is -2.37. The van der Waals surface area contributed by atoms with Gasteiger partial charge in [-0.15, -0.1) is 0 Å². The predicted molar refractivity (Wildman–Crippen MR) is 82.7 cm³/mol. The number of hydrogen-bond donors (Lipinski definition) is 2. The Morgan fingerprint density at radius 3 is 2.95 bits per heavy atom. The minimum Gasteiger partial charge on any atom is -0.399 e. The zero-order valence-corrected chi connectivity index (χ0v) is 12.3. The number of nitrogens with two attached hydrogens (primary N) is 1. The van der Waals surface area contributed by atoms with Crippen LogP contribution in [0.3, 0.4) is 0 Å². The monoisotopic (exact) mass is 287 g/mol. The number of likely N-dealkylation sites (N-methyl/N-ethyl adjacent to an activating group) is 1. The fourth-order valence-corrected chi connectivity index (χ4v) is 2.76. The standard InChI is InChI=1S/C15H21N5O/c1-19(10-15(21)20-6-2-3-7-20)9-14-17-12-5-4-11(16)8-13(12)18-14/h4-5,8H,2-3,6-7,9-10,16H2,1H3,(H,17,18). The van der Waals surface area contributed by atoms with Crippen LogP contribution in [0.25, 0.3) is 11.0 Å². The number of nitrogens with one attached hydrogen (secondary N) is 1. The number of hydrogen-bond acceptors (Lipinski definition) is 4. The Labute approximate surface area is 123 Å². The quantitative estimate of drug-likeness (QED) is 0.828. The van der Waals surface area contributed by atoms with Gasteiger partial charge in [0.2, 0.25) is 5.91 Å². The van der Waals surface area contributed by atoms with Crippen LogP contribution in [-0.2, 0) is 11.3 Å². The number of imidazole rings is 1. The van der Waals surface area contributed by atoms with Crippen LogP contribution in [0, 0.1) is 0 Å². The normalized spacial score (nSPS) is 15.2. The maximum atomic E-state index is 12.1. The van der Waals surface area contributed by atoms with Crippen LogP contribution >= 0.6 is 0 Å². The molecule has 0 atom stereocenters. The van der Waals surface area contributed by atoms with E-state index in [0.29, 0.717) is 13.1 Å². The molecule has 3 N–H and O–H groups in total. The summed E-state index contributed by atoms with van der Waals surface area (Å²) in [5.74, 6) is 1.06. The Bertz CT molecular complexity index is 645. The van der Waals surface area contributed by atoms with E-state index in [-0.39, 0.29) is 5.91 Å². The van der Waals surface area contributed by atoms with E-state index in [9.17, 15) is 4.79 Å². The third-order valence-electron chi connectivity index (χ3n) is 3.84. The molecule has 1 aromatic carbocycles. The lowest BCUT2D eigenvalue weighted by atomic mass is 10.3. The fourth-order valence-electron chi connectivity index (χ4n) is 2.76. The van der Waals surface area contributed by atoms with E-state index in [1.54, 1.807) is 0 Å². The molecule has 1 aliphatic heterocycles. The number of amides is 1. The first-order valence-electron chi connectivity index (χ1n) is 7.32. The molecular weight excluding hydrogens is 266 g/mol. The lowest BCUT2D eigenvalue weighted by Gasteiger charge is -2.20. The summed E-state index contributed by atoms with van der Waals surface area (Å²) in [5, 5.41) is 0. The van der Waals surface area contributed by atoms with Crippen molar-refractivity contribution in [1.82, 2.24) is 19.8 Å².